The summed E-state index contributed by atoms with van der Waals surface area (Å²) in [6, 6.07) is 19.9. The Balaban J connectivity index is 1.63. The number of nitrogens with one attached hydrogen (secondary N) is 1. The van der Waals surface area contributed by atoms with Gasteiger partial charge in [0, 0.05) is 13.7 Å². The summed E-state index contributed by atoms with van der Waals surface area (Å²) >= 11 is 0. The topological polar surface area (TPSA) is 47.6 Å². The summed E-state index contributed by atoms with van der Waals surface area (Å²) in [7, 11) is 1.61. The van der Waals surface area contributed by atoms with Crippen LogP contribution in [0.5, 0.6) is 5.75 Å². The first-order valence-corrected chi connectivity index (χ1v) is 9.42. The quantitative estimate of drug-likeness (QED) is 0.562. The molecule has 0 radical (unpaired) electrons. The highest BCUT2D eigenvalue weighted by Crippen LogP contribution is 2.22. The average Bonchev–Trinajstić information content (AvgIpc) is 2.73. The summed E-state index contributed by atoms with van der Waals surface area (Å²) in [6.07, 6.45) is 0. The summed E-state index contributed by atoms with van der Waals surface area (Å²) in [5.74, 6) is -0.302. The number of methoxy groups -OCH3 is 1. The standard InChI is InChI=1S/C24H24FNO3/c1-17-6-8-19(9-7-17)20-10-11-22(23(25)15-20)24(27)26-16-18-4-3-5-21(14-18)29-13-12-28-2/h3-11,14-15H,12-13,16H2,1-2H3,(H,26,27). The average molecular weight is 393 g/mol. The van der Waals surface area contributed by atoms with Gasteiger partial charge in [0.15, 0.2) is 0 Å². The summed E-state index contributed by atoms with van der Waals surface area (Å²) in [4.78, 5) is 12.4. The largest absolute Gasteiger partial charge is 0.491 e. The molecule has 0 unspecified atom stereocenters. The fourth-order valence-electron chi connectivity index (χ4n) is 2.89. The van der Waals surface area contributed by atoms with Crippen molar-refractivity contribution >= 4 is 5.91 Å². The first-order valence-electron chi connectivity index (χ1n) is 9.42. The lowest BCUT2D eigenvalue weighted by molar-refractivity contribution is 0.0947. The van der Waals surface area contributed by atoms with Crippen LogP contribution >= 0.6 is 0 Å². The molecular formula is C24H24FNO3. The maximum absolute atomic E-state index is 14.5. The van der Waals surface area contributed by atoms with Crippen LogP contribution in [-0.4, -0.2) is 26.2 Å². The van der Waals surface area contributed by atoms with Crippen molar-refractivity contribution in [3.8, 4) is 16.9 Å². The Morgan fingerprint density at radius 3 is 2.45 bits per heavy atom. The van der Waals surface area contributed by atoms with Gasteiger partial charge in [-0.2, -0.15) is 0 Å². The van der Waals surface area contributed by atoms with Gasteiger partial charge in [-0.1, -0.05) is 48.0 Å². The van der Waals surface area contributed by atoms with Crippen LogP contribution in [0, 0.1) is 12.7 Å². The zero-order valence-corrected chi connectivity index (χ0v) is 16.6. The molecule has 0 fully saturated rings. The van der Waals surface area contributed by atoms with Crippen molar-refractivity contribution in [2.24, 2.45) is 0 Å². The van der Waals surface area contributed by atoms with E-state index in [9.17, 15) is 9.18 Å². The molecule has 0 spiro atoms. The molecule has 0 saturated carbocycles. The predicted octanol–water partition coefficient (Wildman–Crippen LogP) is 4.76. The molecule has 29 heavy (non-hydrogen) atoms. The number of ether oxygens (including phenoxy) is 2. The van der Waals surface area contributed by atoms with Crippen molar-refractivity contribution in [3.05, 3.63) is 89.2 Å². The smallest absolute Gasteiger partial charge is 0.254 e. The van der Waals surface area contributed by atoms with Crippen molar-refractivity contribution < 1.29 is 18.7 Å². The predicted molar refractivity (Wildman–Crippen MR) is 112 cm³/mol. The van der Waals surface area contributed by atoms with Gasteiger partial charge in [-0.25, -0.2) is 4.39 Å². The highest BCUT2D eigenvalue weighted by atomic mass is 19.1. The number of carbonyl (C=O) groups excluding carboxylic acids is 1. The third-order valence-corrected chi connectivity index (χ3v) is 4.51. The number of carbonyl (C=O) groups is 1. The van der Waals surface area contributed by atoms with E-state index < -0.39 is 11.7 Å². The second-order valence-corrected chi connectivity index (χ2v) is 6.73. The lowest BCUT2D eigenvalue weighted by atomic mass is 10.0. The van der Waals surface area contributed by atoms with Crippen molar-refractivity contribution in [1.82, 2.24) is 5.32 Å². The third kappa shape index (κ3) is 5.65. The van der Waals surface area contributed by atoms with E-state index >= 15 is 0 Å². The first-order chi connectivity index (χ1) is 14.1. The summed E-state index contributed by atoms with van der Waals surface area (Å²) in [5, 5.41) is 2.76. The fourth-order valence-corrected chi connectivity index (χ4v) is 2.89. The molecule has 0 saturated heterocycles. The Morgan fingerprint density at radius 1 is 0.966 bits per heavy atom. The molecule has 3 rings (SSSR count). The van der Waals surface area contributed by atoms with Crippen molar-refractivity contribution in [1.29, 1.82) is 0 Å². The first kappa shape index (κ1) is 20.6. The van der Waals surface area contributed by atoms with Crippen LogP contribution in [0.4, 0.5) is 4.39 Å². The Bertz CT molecular complexity index is 970. The van der Waals surface area contributed by atoms with E-state index in [-0.39, 0.29) is 12.1 Å². The van der Waals surface area contributed by atoms with E-state index in [1.807, 2.05) is 55.5 Å². The Hall–Kier alpha value is -3.18. The van der Waals surface area contributed by atoms with Gasteiger partial charge in [0.1, 0.15) is 18.2 Å². The second-order valence-electron chi connectivity index (χ2n) is 6.73. The molecule has 3 aromatic rings. The molecule has 0 bridgehead atoms. The monoisotopic (exact) mass is 393 g/mol. The van der Waals surface area contributed by atoms with Gasteiger partial charge < -0.3 is 14.8 Å². The number of aryl methyl sites for hydroxylation is 1. The normalized spacial score (nSPS) is 10.6. The number of halogens is 1. The molecule has 0 aromatic heterocycles. The van der Waals surface area contributed by atoms with Gasteiger partial charge in [-0.15, -0.1) is 0 Å². The minimum Gasteiger partial charge on any atom is -0.491 e. The minimum absolute atomic E-state index is 0.0216. The minimum atomic E-state index is -0.544. The molecule has 3 aromatic carbocycles. The van der Waals surface area contributed by atoms with Crippen molar-refractivity contribution in [2.45, 2.75) is 13.5 Å². The molecule has 150 valence electrons. The van der Waals surface area contributed by atoms with E-state index in [1.54, 1.807) is 13.2 Å². The highest BCUT2D eigenvalue weighted by Gasteiger charge is 2.13. The van der Waals surface area contributed by atoms with Crippen LogP contribution in [0.3, 0.4) is 0 Å². The Labute approximate surface area is 170 Å². The zero-order chi connectivity index (χ0) is 20.6. The summed E-state index contributed by atoms with van der Waals surface area (Å²) in [5.41, 5.74) is 3.67. The van der Waals surface area contributed by atoms with E-state index in [0.717, 1.165) is 22.3 Å². The van der Waals surface area contributed by atoms with Gasteiger partial charge in [0.25, 0.3) is 5.91 Å². The third-order valence-electron chi connectivity index (χ3n) is 4.51. The Morgan fingerprint density at radius 2 is 1.72 bits per heavy atom. The number of rotatable bonds is 8. The molecule has 0 atom stereocenters. The molecule has 4 nitrogen and oxygen atoms in total. The SMILES string of the molecule is COCCOc1cccc(CNC(=O)c2ccc(-c3ccc(C)cc3)cc2F)c1. The van der Waals surface area contributed by atoms with Crippen LogP contribution in [0.1, 0.15) is 21.5 Å². The van der Waals surface area contributed by atoms with Gasteiger partial charge >= 0.3 is 0 Å². The molecule has 5 heteroatoms. The molecule has 1 amide bonds. The Kier molecular flexibility index (Phi) is 6.98. The van der Waals surface area contributed by atoms with Crippen LogP contribution in [-0.2, 0) is 11.3 Å². The number of hydrogen-bond donors (Lipinski definition) is 1. The maximum atomic E-state index is 14.5. The van der Waals surface area contributed by atoms with Gasteiger partial charge in [0.05, 0.1) is 12.2 Å². The van der Waals surface area contributed by atoms with Crippen LogP contribution < -0.4 is 10.1 Å². The summed E-state index contributed by atoms with van der Waals surface area (Å²) in [6.45, 7) is 3.22. The van der Waals surface area contributed by atoms with E-state index in [2.05, 4.69) is 5.32 Å². The second kappa shape index (κ2) is 9.85. The lowest BCUT2D eigenvalue weighted by Gasteiger charge is -2.10. The lowest BCUT2D eigenvalue weighted by Crippen LogP contribution is -2.23. The number of hydrogen-bond acceptors (Lipinski definition) is 3. The number of benzene rings is 3. The zero-order valence-electron chi connectivity index (χ0n) is 16.6. The summed E-state index contributed by atoms with van der Waals surface area (Å²) < 4.78 is 25.1. The van der Waals surface area contributed by atoms with Crippen LogP contribution in [0.15, 0.2) is 66.7 Å². The van der Waals surface area contributed by atoms with Gasteiger partial charge in [-0.3, -0.25) is 4.79 Å². The van der Waals surface area contributed by atoms with Crippen LogP contribution in [0.25, 0.3) is 11.1 Å². The molecule has 1 N–H and O–H groups in total. The van der Waals surface area contributed by atoms with E-state index in [4.69, 9.17) is 9.47 Å². The van der Waals surface area contributed by atoms with E-state index in [1.165, 1.54) is 12.1 Å². The number of amides is 1. The maximum Gasteiger partial charge on any atom is 0.254 e. The molecule has 0 aliphatic rings. The van der Waals surface area contributed by atoms with Crippen molar-refractivity contribution in [2.75, 3.05) is 20.3 Å². The van der Waals surface area contributed by atoms with Gasteiger partial charge in [0.2, 0.25) is 0 Å². The molecule has 0 aliphatic heterocycles. The van der Waals surface area contributed by atoms with Crippen molar-refractivity contribution in [3.63, 3.8) is 0 Å². The molecular weight excluding hydrogens is 369 g/mol. The van der Waals surface area contributed by atoms with Crippen LogP contribution in [0.2, 0.25) is 0 Å². The van der Waals surface area contributed by atoms with Gasteiger partial charge in [-0.05, 0) is 47.9 Å². The van der Waals surface area contributed by atoms with E-state index in [0.29, 0.717) is 19.0 Å². The fraction of sp³-hybridized carbons (Fsp3) is 0.208. The molecule has 0 heterocycles. The molecule has 0 aliphatic carbocycles. The highest BCUT2D eigenvalue weighted by molar-refractivity contribution is 5.95.